The van der Waals surface area contributed by atoms with Gasteiger partial charge in [0.1, 0.15) is 5.78 Å². The lowest BCUT2D eigenvalue weighted by Crippen LogP contribution is -2.32. The smallest absolute Gasteiger partial charge is 0.222 e. The summed E-state index contributed by atoms with van der Waals surface area (Å²) in [4.78, 5) is 29.3. The normalized spacial score (nSPS) is 24.1. The highest BCUT2D eigenvalue weighted by Crippen LogP contribution is 2.44. The molecule has 1 saturated carbocycles. The quantitative estimate of drug-likeness (QED) is 0.860. The summed E-state index contributed by atoms with van der Waals surface area (Å²) in [6.45, 7) is 2.12. The van der Waals surface area contributed by atoms with Gasteiger partial charge in [0, 0.05) is 25.3 Å². The van der Waals surface area contributed by atoms with Gasteiger partial charge in [-0.1, -0.05) is 30.3 Å². The molecule has 28 heavy (non-hydrogen) atoms. The minimum atomic E-state index is 0.00376. The second kappa shape index (κ2) is 7.74. The number of amides is 1. The molecule has 4 rings (SSSR count). The lowest BCUT2D eigenvalue weighted by Gasteiger charge is -2.28. The number of hydrogen-bond acceptors (Lipinski definition) is 3. The highest BCUT2D eigenvalue weighted by molar-refractivity contribution is 5.96. The van der Waals surface area contributed by atoms with Crippen molar-refractivity contribution in [1.29, 1.82) is 0 Å². The van der Waals surface area contributed by atoms with E-state index in [4.69, 9.17) is 0 Å². The van der Waals surface area contributed by atoms with Gasteiger partial charge < -0.3 is 9.88 Å². The zero-order chi connectivity index (χ0) is 19.7. The van der Waals surface area contributed by atoms with E-state index in [0.717, 1.165) is 31.4 Å². The van der Waals surface area contributed by atoms with Crippen LogP contribution in [0.4, 0.5) is 0 Å². The fourth-order valence-corrected chi connectivity index (χ4v) is 4.84. The van der Waals surface area contributed by atoms with Crippen molar-refractivity contribution in [2.75, 3.05) is 7.05 Å². The Kier molecular flexibility index (Phi) is 5.16. The Labute approximate surface area is 165 Å². The van der Waals surface area contributed by atoms with Crippen LogP contribution in [0.3, 0.4) is 0 Å². The number of benzene rings is 1. The molecular formula is C23H27N3O2. The Morgan fingerprint density at radius 2 is 1.79 bits per heavy atom. The van der Waals surface area contributed by atoms with Gasteiger partial charge in [-0.2, -0.15) is 0 Å². The number of carbonyl (C=O) groups is 2. The zero-order valence-electron chi connectivity index (χ0n) is 16.5. The average Bonchev–Trinajstić information content (AvgIpc) is 3.31. The van der Waals surface area contributed by atoms with Crippen molar-refractivity contribution in [3.8, 4) is 0 Å². The van der Waals surface area contributed by atoms with Gasteiger partial charge in [0.05, 0.1) is 24.3 Å². The minimum absolute atomic E-state index is 0.00376. The van der Waals surface area contributed by atoms with Crippen LogP contribution in [0.2, 0.25) is 0 Å². The van der Waals surface area contributed by atoms with Crippen LogP contribution in [0.25, 0.3) is 11.1 Å². The molecule has 1 aromatic heterocycles. The van der Waals surface area contributed by atoms with E-state index in [-0.39, 0.29) is 23.8 Å². The number of rotatable bonds is 5. The van der Waals surface area contributed by atoms with Crippen LogP contribution in [0.15, 0.2) is 42.9 Å². The summed E-state index contributed by atoms with van der Waals surface area (Å²) in [6, 6.07) is 10.3. The maximum Gasteiger partial charge on any atom is 0.222 e. The minimum Gasteiger partial charge on any atom is -0.359 e. The summed E-state index contributed by atoms with van der Waals surface area (Å²) in [5, 5.41) is 2.73. The van der Waals surface area contributed by atoms with Crippen molar-refractivity contribution in [3.63, 3.8) is 0 Å². The van der Waals surface area contributed by atoms with Crippen LogP contribution in [-0.4, -0.2) is 28.3 Å². The second-order valence-corrected chi connectivity index (χ2v) is 7.94. The van der Waals surface area contributed by atoms with Crippen LogP contribution in [0.1, 0.15) is 56.3 Å². The monoisotopic (exact) mass is 377 g/mol. The van der Waals surface area contributed by atoms with Crippen molar-refractivity contribution in [2.24, 2.45) is 11.8 Å². The molecule has 1 aliphatic heterocycles. The predicted octanol–water partition coefficient (Wildman–Crippen LogP) is 3.88. The number of fused-ring (bicyclic) bond motifs is 1. The van der Waals surface area contributed by atoms with Crippen LogP contribution in [0, 0.1) is 11.8 Å². The van der Waals surface area contributed by atoms with E-state index < -0.39 is 0 Å². The van der Waals surface area contributed by atoms with E-state index in [2.05, 4.69) is 33.9 Å². The first kappa shape index (κ1) is 18.7. The molecule has 2 heterocycles. The number of aromatic nitrogens is 2. The Morgan fingerprint density at radius 1 is 1.11 bits per heavy atom. The Morgan fingerprint density at radius 3 is 2.46 bits per heavy atom. The molecule has 2 aromatic rings. The van der Waals surface area contributed by atoms with Gasteiger partial charge in [0.25, 0.3) is 0 Å². The Hall–Kier alpha value is -2.69. The van der Waals surface area contributed by atoms with E-state index in [1.54, 1.807) is 7.05 Å². The summed E-state index contributed by atoms with van der Waals surface area (Å²) in [5.41, 5.74) is 4.69. The first-order valence-corrected chi connectivity index (χ1v) is 10.1. The molecule has 146 valence electrons. The topological polar surface area (TPSA) is 64.0 Å². The molecule has 1 amide bonds. The number of hydrogen-bond donors (Lipinski definition) is 1. The van der Waals surface area contributed by atoms with Crippen LogP contribution >= 0.6 is 0 Å². The lowest BCUT2D eigenvalue weighted by atomic mass is 9.78. The van der Waals surface area contributed by atoms with Crippen LogP contribution < -0.4 is 5.32 Å². The SMILES string of the molecule is CNC(=O)[C@H]1CC[C@H](C(=O)CC2C(c3ccccc3)=C(C)c3cncn32)CC1. The first-order chi connectivity index (χ1) is 13.6. The molecule has 1 aliphatic carbocycles. The average molecular weight is 377 g/mol. The molecule has 5 nitrogen and oxygen atoms in total. The summed E-state index contributed by atoms with van der Waals surface area (Å²) in [5.74, 6) is 0.534. The molecule has 0 spiro atoms. The van der Waals surface area contributed by atoms with E-state index in [9.17, 15) is 9.59 Å². The highest BCUT2D eigenvalue weighted by Gasteiger charge is 2.35. The lowest BCUT2D eigenvalue weighted by molar-refractivity contribution is -0.129. The first-order valence-electron chi connectivity index (χ1n) is 10.1. The van der Waals surface area contributed by atoms with E-state index in [0.29, 0.717) is 12.2 Å². The molecule has 2 aliphatic rings. The molecule has 1 N–H and O–H groups in total. The summed E-state index contributed by atoms with van der Waals surface area (Å²) >= 11 is 0. The van der Waals surface area contributed by atoms with Crippen molar-refractivity contribution in [2.45, 2.75) is 45.1 Å². The van der Waals surface area contributed by atoms with Crippen LogP contribution in [-0.2, 0) is 9.59 Å². The number of nitrogens with zero attached hydrogens (tertiary/aromatic N) is 2. The highest BCUT2D eigenvalue weighted by atomic mass is 16.1. The zero-order valence-corrected chi connectivity index (χ0v) is 16.5. The standard InChI is InChI=1S/C23H27N3O2/c1-15-20-13-25-14-26(20)19(22(15)17-6-4-3-5-7-17)12-21(27)16-8-10-18(11-9-16)23(28)24-2/h3-7,13-14,16,18-19H,8-12H2,1-2H3,(H,24,28)/t16-,18-,19?. The summed E-state index contributed by atoms with van der Waals surface area (Å²) in [6.07, 6.45) is 7.44. The number of imidazole rings is 1. The van der Waals surface area contributed by atoms with Crippen molar-refractivity contribution in [3.05, 3.63) is 54.1 Å². The third-order valence-corrected chi connectivity index (χ3v) is 6.40. The molecule has 0 bridgehead atoms. The number of ketones is 1. The number of nitrogens with one attached hydrogen (secondary N) is 1. The third kappa shape index (κ3) is 3.30. The molecule has 0 radical (unpaired) electrons. The van der Waals surface area contributed by atoms with Gasteiger partial charge in [0.15, 0.2) is 0 Å². The summed E-state index contributed by atoms with van der Waals surface area (Å²) in [7, 11) is 1.68. The van der Waals surface area contributed by atoms with Gasteiger partial charge in [-0.3, -0.25) is 9.59 Å². The fraction of sp³-hybridized carbons (Fsp3) is 0.435. The van der Waals surface area contributed by atoms with Gasteiger partial charge in [-0.05, 0) is 49.3 Å². The Balaban J connectivity index is 1.52. The Bertz CT molecular complexity index is 905. The van der Waals surface area contributed by atoms with Gasteiger partial charge in [0.2, 0.25) is 5.91 Å². The van der Waals surface area contributed by atoms with Crippen molar-refractivity contribution in [1.82, 2.24) is 14.9 Å². The van der Waals surface area contributed by atoms with Gasteiger partial charge >= 0.3 is 0 Å². The number of allylic oxidation sites excluding steroid dienone is 2. The summed E-state index contributed by atoms with van der Waals surface area (Å²) < 4.78 is 2.14. The van der Waals surface area contributed by atoms with Gasteiger partial charge in [-0.25, -0.2) is 4.98 Å². The molecule has 1 fully saturated rings. The van der Waals surface area contributed by atoms with Gasteiger partial charge in [-0.15, -0.1) is 0 Å². The molecule has 5 heteroatoms. The predicted molar refractivity (Wildman–Crippen MR) is 109 cm³/mol. The molecule has 1 atom stereocenters. The van der Waals surface area contributed by atoms with Crippen molar-refractivity contribution >= 4 is 22.8 Å². The van der Waals surface area contributed by atoms with Crippen molar-refractivity contribution < 1.29 is 9.59 Å². The molecular weight excluding hydrogens is 350 g/mol. The fourth-order valence-electron chi connectivity index (χ4n) is 4.84. The molecule has 1 aromatic carbocycles. The molecule has 1 unspecified atom stereocenters. The van der Waals surface area contributed by atoms with E-state index in [1.165, 1.54) is 16.7 Å². The maximum atomic E-state index is 13.2. The largest absolute Gasteiger partial charge is 0.359 e. The second-order valence-electron chi connectivity index (χ2n) is 7.94. The molecule has 0 saturated heterocycles. The maximum absolute atomic E-state index is 13.2. The number of carbonyl (C=O) groups excluding carboxylic acids is 2. The number of Topliss-reactive ketones (excluding diaryl/α,β-unsaturated/α-hetero) is 1. The van der Waals surface area contributed by atoms with E-state index in [1.807, 2.05) is 30.7 Å². The van der Waals surface area contributed by atoms with E-state index >= 15 is 0 Å². The van der Waals surface area contributed by atoms with Crippen LogP contribution in [0.5, 0.6) is 0 Å². The third-order valence-electron chi connectivity index (χ3n) is 6.40.